The summed E-state index contributed by atoms with van der Waals surface area (Å²) < 4.78 is 5.43. The van der Waals surface area contributed by atoms with Gasteiger partial charge >= 0.3 is 6.03 Å². The minimum absolute atomic E-state index is 0.295. The summed E-state index contributed by atoms with van der Waals surface area (Å²) in [4.78, 5) is 23.7. The van der Waals surface area contributed by atoms with Crippen LogP contribution in [0, 0.1) is 0 Å². The van der Waals surface area contributed by atoms with E-state index < -0.39 is 0 Å². The van der Waals surface area contributed by atoms with Gasteiger partial charge in [-0.1, -0.05) is 54.1 Å². The van der Waals surface area contributed by atoms with E-state index in [0.29, 0.717) is 34.7 Å². The number of halogens is 1. The number of carbonyl (C=O) groups is 1. The number of hydrogen-bond donors (Lipinski definition) is 4. The minimum atomic E-state index is -0.295. The highest BCUT2D eigenvalue weighted by Gasteiger charge is 2.13. The molecule has 9 nitrogen and oxygen atoms in total. The summed E-state index contributed by atoms with van der Waals surface area (Å²) in [7, 11) is 0. The number of nitrogens with one attached hydrogen (secondary N) is 4. The molecule has 0 radical (unpaired) electrons. The predicted molar refractivity (Wildman–Crippen MR) is 157 cm³/mol. The molecule has 1 saturated heterocycles. The van der Waals surface area contributed by atoms with Crippen molar-refractivity contribution in [2.45, 2.75) is 6.42 Å². The second kappa shape index (κ2) is 12.9. The summed E-state index contributed by atoms with van der Waals surface area (Å²) >= 11 is 6.41. The van der Waals surface area contributed by atoms with Crippen LogP contribution in [0.15, 0.2) is 85.1 Å². The van der Waals surface area contributed by atoms with E-state index >= 15 is 0 Å². The molecule has 1 fully saturated rings. The fourth-order valence-corrected chi connectivity index (χ4v) is 4.32. The number of urea groups is 1. The van der Waals surface area contributed by atoms with E-state index in [0.717, 1.165) is 49.7 Å². The molecule has 0 saturated carbocycles. The van der Waals surface area contributed by atoms with Crippen molar-refractivity contribution in [3.63, 3.8) is 0 Å². The van der Waals surface area contributed by atoms with Gasteiger partial charge in [0.15, 0.2) is 5.82 Å². The van der Waals surface area contributed by atoms with Crippen molar-refractivity contribution in [1.29, 1.82) is 0 Å². The minimum Gasteiger partial charge on any atom is -0.378 e. The fraction of sp³-hybridized carbons (Fsp3) is 0.207. The molecule has 5 rings (SSSR count). The summed E-state index contributed by atoms with van der Waals surface area (Å²) in [6.45, 7) is 3.77. The van der Waals surface area contributed by atoms with E-state index in [1.54, 1.807) is 0 Å². The molecule has 10 heteroatoms. The number of morpholine rings is 1. The molecule has 200 valence electrons. The van der Waals surface area contributed by atoms with Gasteiger partial charge in [0, 0.05) is 31.0 Å². The number of anilines is 6. The lowest BCUT2D eigenvalue weighted by atomic mass is 10.1. The highest BCUT2D eigenvalue weighted by Crippen LogP contribution is 2.29. The molecule has 0 atom stereocenters. The quantitative estimate of drug-likeness (QED) is 0.211. The van der Waals surface area contributed by atoms with Crippen molar-refractivity contribution in [3.05, 3.63) is 95.6 Å². The van der Waals surface area contributed by atoms with Crippen LogP contribution in [0.1, 0.15) is 5.56 Å². The lowest BCUT2D eigenvalue weighted by molar-refractivity contribution is 0.122. The Balaban J connectivity index is 1.21. The zero-order chi connectivity index (χ0) is 26.9. The van der Waals surface area contributed by atoms with Crippen molar-refractivity contribution in [2.24, 2.45) is 0 Å². The third-order valence-corrected chi connectivity index (χ3v) is 6.49. The average Bonchev–Trinajstić information content (AvgIpc) is 2.97. The van der Waals surface area contributed by atoms with Gasteiger partial charge in [0.1, 0.15) is 5.02 Å². The Bertz CT molecular complexity index is 1380. The molecule has 4 aromatic rings. The first-order valence-corrected chi connectivity index (χ1v) is 13.2. The number of amides is 2. The number of ether oxygens (including phenoxy) is 1. The first kappa shape index (κ1) is 26.3. The van der Waals surface area contributed by atoms with Crippen LogP contribution in [0.3, 0.4) is 0 Å². The molecule has 1 aliphatic heterocycles. The maximum atomic E-state index is 12.5. The smallest absolute Gasteiger partial charge is 0.319 e. The van der Waals surface area contributed by atoms with Gasteiger partial charge in [-0.3, -0.25) is 0 Å². The number of rotatable bonds is 9. The first-order chi connectivity index (χ1) is 19.1. The molecule has 39 heavy (non-hydrogen) atoms. The monoisotopic (exact) mass is 543 g/mol. The van der Waals surface area contributed by atoms with Gasteiger partial charge < -0.3 is 30.9 Å². The normalized spacial score (nSPS) is 13.0. The van der Waals surface area contributed by atoms with Crippen LogP contribution < -0.4 is 26.2 Å². The number of hydrogen-bond acceptors (Lipinski definition) is 7. The zero-order valence-corrected chi connectivity index (χ0v) is 22.1. The third kappa shape index (κ3) is 7.37. The Labute approximate surface area is 232 Å². The largest absolute Gasteiger partial charge is 0.378 e. The topological polar surface area (TPSA) is 103 Å². The molecular formula is C29H30ClN7O2. The summed E-state index contributed by atoms with van der Waals surface area (Å²) in [6.07, 6.45) is 2.28. The van der Waals surface area contributed by atoms with Crippen molar-refractivity contribution in [2.75, 3.05) is 53.7 Å². The van der Waals surface area contributed by atoms with Crippen molar-refractivity contribution < 1.29 is 9.53 Å². The molecule has 2 amide bonds. The van der Waals surface area contributed by atoms with Crippen molar-refractivity contribution in [3.8, 4) is 0 Å². The number of benzene rings is 3. The molecule has 0 aliphatic carbocycles. The Kier molecular flexibility index (Phi) is 8.72. The summed E-state index contributed by atoms with van der Waals surface area (Å²) in [5, 5.41) is 12.6. The van der Waals surface area contributed by atoms with Crippen LogP contribution in [0.25, 0.3) is 0 Å². The van der Waals surface area contributed by atoms with Gasteiger partial charge in [0.05, 0.1) is 30.8 Å². The fourth-order valence-electron chi connectivity index (χ4n) is 4.18. The first-order valence-electron chi connectivity index (χ1n) is 12.8. The molecule has 0 unspecified atom stereocenters. The van der Waals surface area contributed by atoms with E-state index in [1.807, 2.05) is 66.7 Å². The van der Waals surface area contributed by atoms with Gasteiger partial charge in [-0.05, 0) is 48.4 Å². The van der Waals surface area contributed by atoms with Crippen LogP contribution in [-0.4, -0.2) is 48.8 Å². The molecule has 0 spiro atoms. The van der Waals surface area contributed by atoms with Crippen LogP contribution in [0.2, 0.25) is 5.02 Å². The Morgan fingerprint density at radius 3 is 2.38 bits per heavy atom. The molecule has 1 aromatic heterocycles. The second-order valence-corrected chi connectivity index (χ2v) is 9.36. The lowest BCUT2D eigenvalue weighted by Gasteiger charge is -2.28. The maximum Gasteiger partial charge on any atom is 0.319 e. The highest BCUT2D eigenvalue weighted by molar-refractivity contribution is 6.33. The Morgan fingerprint density at radius 1 is 0.897 bits per heavy atom. The Morgan fingerprint density at radius 2 is 1.62 bits per heavy atom. The van der Waals surface area contributed by atoms with Gasteiger partial charge in [0.25, 0.3) is 0 Å². The number of aromatic nitrogens is 2. The number of carbonyl (C=O) groups excluding carboxylic acids is 1. The van der Waals surface area contributed by atoms with E-state index in [2.05, 4.69) is 48.3 Å². The van der Waals surface area contributed by atoms with E-state index in [-0.39, 0.29) is 6.03 Å². The van der Waals surface area contributed by atoms with Gasteiger partial charge in [-0.25, -0.2) is 9.78 Å². The molecular weight excluding hydrogens is 514 g/mol. The molecule has 3 aromatic carbocycles. The third-order valence-electron chi connectivity index (χ3n) is 6.21. The number of nitrogens with zero attached hydrogens (tertiary/aromatic N) is 3. The number of para-hydroxylation sites is 2. The summed E-state index contributed by atoms with van der Waals surface area (Å²) in [5.74, 6) is 0.808. The van der Waals surface area contributed by atoms with Crippen molar-refractivity contribution >= 4 is 52.1 Å². The van der Waals surface area contributed by atoms with Crippen molar-refractivity contribution in [1.82, 2.24) is 15.3 Å². The average molecular weight is 544 g/mol. The van der Waals surface area contributed by atoms with Gasteiger partial charge in [0.2, 0.25) is 5.95 Å². The SMILES string of the molecule is O=C(NCCc1ccccc1)Nc1ccccc1Nc1nc(Nc2ccc(N3CCOCC3)cc2)ncc1Cl. The van der Waals surface area contributed by atoms with Crippen LogP contribution in [0.4, 0.5) is 39.3 Å². The maximum absolute atomic E-state index is 12.5. The van der Waals surface area contributed by atoms with E-state index in [1.165, 1.54) is 6.20 Å². The lowest BCUT2D eigenvalue weighted by Crippen LogP contribution is -2.36. The molecule has 0 bridgehead atoms. The van der Waals surface area contributed by atoms with E-state index in [4.69, 9.17) is 16.3 Å². The predicted octanol–water partition coefficient (Wildman–Crippen LogP) is 5.82. The second-order valence-electron chi connectivity index (χ2n) is 8.95. The molecule has 2 heterocycles. The summed E-state index contributed by atoms with van der Waals surface area (Å²) in [5.41, 5.74) is 4.41. The van der Waals surface area contributed by atoms with E-state index in [9.17, 15) is 4.79 Å². The van der Waals surface area contributed by atoms with Gasteiger partial charge in [-0.15, -0.1) is 0 Å². The van der Waals surface area contributed by atoms with Crippen LogP contribution >= 0.6 is 11.6 Å². The van der Waals surface area contributed by atoms with Gasteiger partial charge in [-0.2, -0.15) is 4.98 Å². The standard InChI is InChI=1S/C29H30ClN7O2/c30-24-20-32-28(33-22-10-12-23(13-11-22)37-16-18-39-19-17-37)36-27(24)34-25-8-4-5-9-26(25)35-29(38)31-15-14-21-6-2-1-3-7-21/h1-13,20H,14-19H2,(H2,31,35,38)(H2,32,33,34,36). The van der Waals surface area contributed by atoms with Crippen LogP contribution in [0.5, 0.6) is 0 Å². The highest BCUT2D eigenvalue weighted by atomic mass is 35.5. The summed E-state index contributed by atoms with van der Waals surface area (Å²) in [6, 6.07) is 25.2. The molecule has 1 aliphatic rings. The zero-order valence-electron chi connectivity index (χ0n) is 21.4. The Hall–Kier alpha value is -4.34. The molecule has 4 N–H and O–H groups in total. The van der Waals surface area contributed by atoms with Crippen LogP contribution in [-0.2, 0) is 11.2 Å².